The minimum absolute atomic E-state index is 0.316. The van der Waals surface area contributed by atoms with E-state index in [0.29, 0.717) is 45.4 Å². The molecule has 2 amide bonds. The zero-order valence-electron chi connectivity index (χ0n) is 16.2. The number of ether oxygens (including phenoxy) is 3. The van der Waals surface area contributed by atoms with Crippen molar-refractivity contribution in [1.82, 2.24) is 10.9 Å². The van der Waals surface area contributed by atoms with E-state index in [-0.39, 0.29) is 0 Å². The maximum absolute atomic E-state index is 12.3. The average molecular weight is 451 g/mol. The van der Waals surface area contributed by atoms with E-state index in [1.807, 2.05) is 0 Å². The molecule has 0 fully saturated rings. The van der Waals surface area contributed by atoms with Gasteiger partial charge in [-0.05, 0) is 58.2 Å². The Balaban J connectivity index is 1.99. The Hall–Kier alpha value is -2.74. The molecule has 8 heteroatoms. The third-order valence-corrected chi connectivity index (χ3v) is 4.32. The summed E-state index contributed by atoms with van der Waals surface area (Å²) in [4.78, 5) is 24.6. The number of carbonyl (C=O) groups excluding carboxylic acids is 2. The molecule has 0 atom stereocenters. The van der Waals surface area contributed by atoms with Crippen LogP contribution in [0.2, 0.25) is 0 Å². The molecule has 0 unspecified atom stereocenters. The van der Waals surface area contributed by atoms with Crippen LogP contribution in [0.1, 0.15) is 34.6 Å². The minimum Gasteiger partial charge on any atom is -0.493 e. The van der Waals surface area contributed by atoms with Gasteiger partial charge in [-0.1, -0.05) is 13.8 Å². The lowest BCUT2D eigenvalue weighted by molar-refractivity contribution is 0.0846. The summed E-state index contributed by atoms with van der Waals surface area (Å²) in [5.74, 6) is 1.03. The Labute approximate surface area is 172 Å². The second kappa shape index (κ2) is 9.98. The van der Waals surface area contributed by atoms with Crippen LogP contribution in [0.4, 0.5) is 0 Å². The highest BCUT2D eigenvalue weighted by atomic mass is 79.9. The molecule has 0 bridgehead atoms. The first-order chi connectivity index (χ1) is 13.3. The van der Waals surface area contributed by atoms with Gasteiger partial charge in [0, 0.05) is 11.1 Å². The van der Waals surface area contributed by atoms with Gasteiger partial charge in [0.15, 0.2) is 11.5 Å². The number of carbonyl (C=O) groups is 2. The summed E-state index contributed by atoms with van der Waals surface area (Å²) >= 11 is 3.39. The van der Waals surface area contributed by atoms with E-state index in [4.69, 9.17) is 14.2 Å². The van der Waals surface area contributed by atoms with Gasteiger partial charge < -0.3 is 14.2 Å². The Morgan fingerprint density at radius 1 is 0.893 bits per heavy atom. The van der Waals surface area contributed by atoms with Crippen LogP contribution in [-0.4, -0.2) is 32.6 Å². The SMILES string of the molecule is COc1ccc(C(=O)NNC(=O)c2ccc(OCC(C)C)c(Br)c2)cc1OC. The number of benzene rings is 2. The van der Waals surface area contributed by atoms with E-state index in [2.05, 4.69) is 40.6 Å². The van der Waals surface area contributed by atoms with Crippen LogP contribution in [0.25, 0.3) is 0 Å². The third kappa shape index (κ3) is 5.63. The largest absolute Gasteiger partial charge is 0.493 e. The van der Waals surface area contributed by atoms with E-state index >= 15 is 0 Å². The molecule has 0 aliphatic rings. The van der Waals surface area contributed by atoms with Gasteiger partial charge in [0.25, 0.3) is 11.8 Å². The van der Waals surface area contributed by atoms with E-state index in [1.54, 1.807) is 30.3 Å². The van der Waals surface area contributed by atoms with Crippen LogP contribution in [0.5, 0.6) is 17.2 Å². The maximum Gasteiger partial charge on any atom is 0.269 e. The predicted molar refractivity (Wildman–Crippen MR) is 109 cm³/mol. The molecule has 0 aliphatic carbocycles. The molecule has 0 radical (unpaired) electrons. The number of rotatable bonds is 7. The van der Waals surface area contributed by atoms with Crippen molar-refractivity contribution in [2.75, 3.05) is 20.8 Å². The minimum atomic E-state index is -0.481. The maximum atomic E-state index is 12.3. The lowest BCUT2D eigenvalue weighted by Gasteiger charge is -2.12. The van der Waals surface area contributed by atoms with Gasteiger partial charge in [-0.25, -0.2) is 0 Å². The summed E-state index contributed by atoms with van der Waals surface area (Å²) in [5.41, 5.74) is 5.45. The molecular weight excluding hydrogens is 428 g/mol. The van der Waals surface area contributed by atoms with Crippen molar-refractivity contribution >= 4 is 27.7 Å². The molecule has 0 aliphatic heterocycles. The number of hydrogen-bond acceptors (Lipinski definition) is 5. The summed E-state index contributed by atoms with van der Waals surface area (Å²) in [6, 6.07) is 9.67. The molecular formula is C20H23BrN2O5. The monoisotopic (exact) mass is 450 g/mol. The first kappa shape index (κ1) is 21.6. The van der Waals surface area contributed by atoms with Crippen LogP contribution < -0.4 is 25.1 Å². The first-order valence-electron chi connectivity index (χ1n) is 8.60. The Morgan fingerprint density at radius 2 is 1.43 bits per heavy atom. The van der Waals surface area contributed by atoms with Gasteiger partial charge in [0.2, 0.25) is 0 Å². The highest BCUT2D eigenvalue weighted by molar-refractivity contribution is 9.10. The topological polar surface area (TPSA) is 85.9 Å². The van der Waals surface area contributed by atoms with E-state index in [0.717, 1.165) is 0 Å². The quantitative estimate of drug-likeness (QED) is 0.629. The molecule has 2 aromatic carbocycles. The summed E-state index contributed by atoms with van der Waals surface area (Å²) in [6.45, 7) is 4.68. The predicted octanol–water partition coefficient (Wildman–Crippen LogP) is 3.58. The molecule has 2 N–H and O–H groups in total. The summed E-state index contributed by atoms with van der Waals surface area (Å²) in [7, 11) is 2.99. The van der Waals surface area contributed by atoms with Crippen molar-refractivity contribution in [3.63, 3.8) is 0 Å². The number of halogens is 1. The number of nitrogens with one attached hydrogen (secondary N) is 2. The van der Waals surface area contributed by atoms with Crippen LogP contribution >= 0.6 is 15.9 Å². The zero-order valence-corrected chi connectivity index (χ0v) is 17.8. The standard InChI is InChI=1S/C20H23BrN2O5/c1-12(2)11-28-16-7-5-13(9-15(16)21)19(24)22-23-20(25)14-6-8-17(26-3)18(10-14)27-4/h5-10,12H,11H2,1-4H3,(H,22,24)(H,23,25). The molecule has 0 heterocycles. The van der Waals surface area contributed by atoms with Crippen LogP contribution in [0, 0.1) is 5.92 Å². The summed E-state index contributed by atoms with van der Waals surface area (Å²) in [5, 5.41) is 0. The fourth-order valence-corrected chi connectivity index (χ4v) is 2.74. The first-order valence-corrected chi connectivity index (χ1v) is 9.40. The van der Waals surface area contributed by atoms with Crippen molar-refractivity contribution in [3.05, 3.63) is 52.0 Å². The van der Waals surface area contributed by atoms with Crippen LogP contribution in [0.15, 0.2) is 40.9 Å². The van der Waals surface area contributed by atoms with Crippen molar-refractivity contribution < 1.29 is 23.8 Å². The third-order valence-electron chi connectivity index (χ3n) is 3.70. The molecule has 2 aromatic rings. The van der Waals surface area contributed by atoms with Crippen molar-refractivity contribution in [1.29, 1.82) is 0 Å². The van der Waals surface area contributed by atoms with Crippen molar-refractivity contribution in [3.8, 4) is 17.2 Å². The molecule has 150 valence electrons. The van der Waals surface area contributed by atoms with Crippen LogP contribution in [-0.2, 0) is 0 Å². The normalized spacial score (nSPS) is 10.4. The van der Waals surface area contributed by atoms with Crippen molar-refractivity contribution in [2.24, 2.45) is 5.92 Å². The molecule has 0 spiro atoms. The van der Waals surface area contributed by atoms with E-state index in [1.165, 1.54) is 20.3 Å². The number of hydrogen-bond donors (Lipinski definition) is 2. The van der Waals surface area contributed by atoms with Gasteiger partial charge in [-0.2, -0.15) is 0 Å². The smallest absolute Gasteiger partial charge is 0.269 e. The van der Waals surface area contributed by atoms with Gasteiger partial charge in [0.05, 0.1) is 25.3 Å². The average Bonchev–Trinajstić information content (AvgIpc) is 2.69. The molecule has 0 saturated carbocycles. The second-order valence-electron chi connectivity index (χ2n) is 6.33. The number of amides is 2. The lowest BCUT2D eigenvalue weighted by Crippen LogP contribution is -2.41. The second-order valence-corrected chi connectivity index (χ2v) is 7.18. The summed E-state index contributed by atoms with van der Waals surface area (Å²) < 4.78 is 16.6. The van der Waals surface area contributed by atoms with E-state index in [9.17, 15) is 9.59 Å². The van der Waals surface area contributed by atoms with Gasteiger partial charge >= 0.3 is 0 Å². The Morgan fingerprint density at radius 3 is 1.93 bits per heavy atom. The molecule has 28 heavy (non-hydrogen) atoms. The molecule has 2 rings (SSSR count). The fraction of sp³-hybridized carbons (Fsp3) is 0.300. The fourth-order valence-electron chi connectivity index (χ4n) is 2.25. The number of hydrazine groups is 1. The van der Waals surface area contributed by atoms with E-state index < -0.39 is 11.8 Å². The Bertz CT molecular complexity index is 854. The van der Waals surface area contributed by atoms with Gasteiger partial charge in [0.1, 0.15) is 5.75 Å². The summed E-state index contributed by atoms with van der Waals surface area (Å²) in [6.07, 6.45) is 0. The lowest BCUT2D eigenvalue weighted by atomic mass is 10.2. The highest BCUT2D eigenvalue weighted by Gasteiger charge is 2.13. The van der Waals surface area contributed by atoms with Crippen molar-refractivity contribution in [2.45, 2.75) is 13.8 Å². The van der Waals surface area contributed by atoms with Crippen LogP contribution in [0.3, 0.4) is 0 Å². The molecule has 0 saturated heterocycles. The molecule has 7 nitrogen and oxygen atoms in total. The zero-order chi connectivity index (χ0) is 20.7. The Kier molecular flexibility index (Phi) is 7.69. The highest BCUT2D eigenvalue weighted by Crippen LogP contribution is 2.28. The number of methoxy groups -OCH3 is 2. The van der Waals surface area contributed by atoms with Gasteiger partial charge in [-0.3, -0.25) is 20.4 Å². The van der Waals surface area contributed by atoms with Gasteiger partial charge in [-0.15, -0.1) is 0 Å². The molecule has 0 aromatic heterocycles.